The molecule has 0 aromatic heterocycles. The molecule has 136 valence electrons. The molecule has 0 amide bonds. The van der Waals surface area contributed by atoms with Crippen molar-refractivity contribution in [2.45, 2.75) is 41.5 Å². The molecule has 0 spiro atoms. The third kappa shape index (κ3) is 5.01. The van der Waals surface area contributed by atoms with Gasteiger partial charge in [0, 0.05) is 22.0 Å². The molecular formula is C24H28O2. The number of rotatable bonds is 4. The second kappa shape index (κ2) is 7.41. The van der Waals surface area contributed by atoms with Gasteiger partial charge in [-0.3, -0.25) is 9.59 Å². The minimum Gasteiger partial charge on any atom is -0.294 e. The van der Waals surface area contributed by atoms with Crippen LogP contribution in [0.5, 0.6) is 0 Å². The van der Waals surface area contributed by atoms with E-state index in [1.54, 1.807) is 0 Å². The van der Waals surface area contributed by atoms with Crippen LogP contribution in [-0.2, 0) is 0 Å². The van der Waals surface area contributed by atoms with E-state index >= 15 is 0 Å². The van der Waals surface area contributed by atoms with E-state index in [0.29, 0.717) is 0 Å². The number of hydrogen-bond donors (Lipinski definition) is 0. The zero-order chi connectivity index (χ0) is 19.5. The summed E-state index contributed by atoms with van der Waals surface area (Å²) in [6.07, 6.45) is 4.01. The topological polar surface area (TPSA) is 34.1 Å². The van der Waals surface area contributed by atoms with Crippen molar-refractivity contribution in [3.05, 3.63) is 70.8 Å². The van der Waals surface area contributed by atoms with E-state index in [0.717, 1.165) is 22.3 Å². The van der Waals surface area contributed by atoms with E-state index in [4.69, 9.17) is 0 Å². The van der Waals surface area contributed by atoms with Gasteiger partial charge in [0.05, 0.1) is 0 Å². The first-order valence-electron chi connectivity index (χ1n) is 8.96. The van der Waals surface area contributed by atoms with Crippen molar-refractivity contribution in [1.82, 2.24) is 0 Å². The quantitative estimate of drug-likeness (QED) is 0.479. The van der Waals surface area contributed by atoms with Crippen molar-refractivity contribution in [2.24, 2.45) is 10.8 Å². The molecule has 2 heteroatoms. The molecule has 2 aromatic rings. The van der Waals surface area contributed by atoms with Gasteiger partial charge < -0.3 is 0 Å². The molecule has 2 nitrogen and oxygen atoms in total. The average Bonchev–Trinajstić information content (AvgIpc) is 2.58. The molecule has 0 fully saturated rings. The number of carbonyl (C=O) groups excluding carboxylic acids is 2. The van der Waals surface area contributed by atoms with Gasteiger partial charge in [0.2, 0.25) is 0 Å². The molecule has 0 heterocycles. The number of hydrogen-bond acceptors (Lipinski definition) is 2. The highest BCUT2D eigenvalue weighted by atomic mass is 16.1. The minimum atomic E-state index is -0.371. The Labute approximate surface area is 157 Å². The largest absolute Gasteiger partial charge is 0.294 e. The monoisotopic (exact) mass is 348 g/mol. The predicted octanol–water partition coefficient (Wildman–Crippen LogP) is 6.31. The van der Waals surface area contributed by atoms with Crippen LogP contribution in [0.1, 0.15) is 73.4 Å². The first-order valence-corrected chi connectivity index (χ1v) is 8.96. The SMILES string of the molecule is CC(C)(C)C(=O)c1ccc(/C=C/c2ccc(C(=O)C(C)(C)C)cc2)cc1. The van der Waals surface area contributed by atoms with Gasteiger partial charge >= 0.3 is 0 Å². The van der Waals surface area contributed by atoms with Crippen molar-refractivity contribution < 1.29 is 9.59 Å². The second-order valence-corrected chi connectivity index (χ2v) is 8.74. The maximum Gasteiger partial charge on any atom is 0.168 e. The van der Waals surface area contributed by atoms with Crippen LogP contribution in [0.3, 0.4) is 0 Å². The van der Waals surface area contributed by atoms with Crippen molar-refractivity contribution in [2.75, 3.05) is 0 Å². The molecule has 0 unspecified atom stereocenters. The van der Waals surface area contributed by atoms with Gasteiger partial charge in [0.1, 0.15) is 0 Å². The van der Waals surface area contributed by atoms with E-state index in [1.165, 1.54) is 0 Å². The summed E-state index contributed by atoms with van der Waals surface area (Å²) in [5.41, 5.74) is 2.79. The van der Waals surface area contributed by atoms with Crippen molar-refractivity contribution in [3.63, 3.8) is 0 Å². The summed E-state index contributed by atoms with van der Waals surface area (Å²) in [7, 11) is 0. The summed E-state index contributed by atoms with van der Waals surface area (Å²) in [5, 5.41) is 0. The first kappa shape index (κ1) is 19.8. The van der Waals surface area contributed by atoms with E-state index < -0.39 is 0 Å². The van der Waals surface area contributed by atoms with Gasteiger partial charge in [0.15, 0.2) is 11.6 Å². The normalized spacial score (nSPS) is 12.4. The average molecular weight is 348 g/mol. The summed E-state index contributed by atoms with van der Waals surface area (Å²) in [5.74, 6) is 0.291. The van der Waals surface area contributed by atoms with Crippen LogP contribution in [0.2, 0.25) is 0 Å². The highest BCUT2D eigenvalue weighted by Crippen LogP contribution is 2.22. The summed E-state index contributed by atoms with van der Waals surface area (Å²) in [6, 6.07) is 15.3. The Balaban J connectivity index is 2.10. The highest BCUT2D eigenvalue weighted by molar-refractivity contribution is 6.00. The molecule has 0 atom stereocenters. The standard InChI is InChI=1S/C24H28O2/c1-23(2,3)21(25)19-13-9-17(10-14-19)7-8-18-11-15-20(16-12-18)22(26)24(4,5)6/h7-16H,1-6H3/b8-7+. The Morgan fingerprint density at radius 2 is 0.846 bits per heavy atom. The molecular weight excluding hydrogens is 320 g/mol. The fraction of sp³-hybridized carbons (Fsp3) is 0.333. The smallest absolute Gasteiger partial charge is 0.168 e. The van der Waals surface area contributed by atoms with Gasteiger partial charge in [-0.15, -0.1) is 0 Å². The molecule has 0 N–H and O–H groups in total. The van der Waals surface area contributed by atoms with E-state index in [9.17, 15) is 9.59 Å². The third-order valence-corrected chi connectivity index (χ3v) is 4.18. The maximum atomic E-state index is 12.3. The van der Waals surface area contributed by atoms with Crippen LogP contribution < -0.4 is 0 Å². The lowest BCUT2D eigenvalue weighted by molar-refractivity contribution is 0.0852. The lowest BCUT2D eigenvalue weighted by atomic mass is 9.86. The van der Waals surface area contributed by atoms with E-state index in [1.807, 2.05) is 102 Å². The lowest BCUT2D eigenvalue weighted by Gasteiger charge is -2.16. The number of benzene rings is 2. The van der Waals surface area contributed by atoms with Crippen LogP contribution >= 0.6 is 0 Å². The molecule has 26 heavy (non-hydrogen) atoms. The number of ketones is 2. The molecule has 0 saturated carbocycles. The Morgan fingerprint density at radius 3 is 1.08 bits per heavy atom. The Bertz CT molecular complexity index is 737. The Morgan fingerprint density at radius 1 is 0.577 bits per heavy atom. The van der Waals surface area contributed by atoms with Gasteiger partial charge in [-0.25, -0.2) is 0 Å². The second-order valence-electron chi connectivity index (χ2n) is 8.74. The van der Waals surface area contributed by atoms with Gasteiger partial charge in [-0.1, -0.05) is 102 Å². The van der Waals surface area contributed by atoms with Crippen LogP contribution in [0.4, 0.5) is 0 Å². The third-order valence-electron chi connectivity index (χ3n) is 4.18. The van der Waals surface area contributed by atoms with E-state index in [-0.39, 0.29) is 22.4 Å². The molecule has 2 rings (SSSR count). The molecule has 0 saturated heterocycles. The van der Waals surface area contributed by atoms with Crippen LogP contribution in [0.25, 0.3) is 12.2 Å². The maximum absolute atomic E-state index is 12.3. The highest BCUT2D eigenvalue weighted by Gasteiger charge is 2.23. The van der Waals surface area contributed by atoms with Crippen molar-refractivity contribution in [1.29, 1.82) is 0 Å². The van der Waals surface area contributed by atoms with Crippen molar-refractivity contribution in [3.8, 4) is 0 Å². The van der Waals surface area contributed by atoms with Crippen LogP contribution in [0.15, 0.2) is 48.5 Å². The zero-order valence-corrected chi connectivity index (χ0v) is 16.6. The molecule has 0 radical (unpaired) electrons. The molecule has 0 bridgehead atoms. The summed E-state index contributed by atoms with van der Waals surface area (Å²) < 4.78 is 0. The van der Waals surface area contributed by atoms with Gasteiger partial charge in [-0.05, 0) is 11.1 Å². The minimum absolute atomic E-state index is 0.145. The zero-order valence-electron chi connectivity index (χ0n) is 16.6. The molecule has 2 aromatic carbocycles. The number of Topliss-reactive ketones (excluding diaryl/α,β-unsaturated/α-hetero) is 2. The van der Waals surface area contributed by atoms with Gasteiger partial charge in [0.25, 0.3) is 0 Å². The van der Waals surface area contributed by atoms with Gasteiger partial charge in [-0.2, -0.15) is 0 Å². The van der Waals surface area contributed by atoms with E-state index in [2.05, 4.69) is 0 Å². The summed E-state index contributed by atoms with van der Waals surface area (Å²) >= 11 is 0. The van der Waals surface area contributed by atoms with Crippen LogP contribution in [-0.4, -0.2) is 11.6 Å². The van der Waals surface area contributed by atoms with Crippen LogP contribution in [0, 0.1) is 10.8 Å². The first-order chi connectivity index (χ1) is 12.0. The Hall–Kier alpha value is -2.48. The molecule has 0 aliphatic heterocycles. The summed E-state index contributed by atoms with van der Waals surface area (Å²) in [4.78, 5) is 24.5. The Kier molecular flexibility index (Phi) is 5.65. The molecule has 0 aliphatic rings. The fourth-order valence-corrected chi connectivity index (χ4v) is 2.55. The predicted molar refractivity (Wildman–Crippen MR) is 109 cm³/mol. The molecule has 0 aliphatic carbocycles. The number of carbonyl (C=O) groups is 2. The van der Waals surface area contributed by atoms with Crippen molar-refractivity contribution >= 4 is 23.7 Å². The summed E-state index contributed by atoms with van der Waals surface area (Å²) in [6.45, 7) is 11.6. The fourth-order valence-electron chi connectivity index (χ4n) is 2.55. The lowest BCUT2D eigenvalue weighted by Crippen LogP contribution is -2.20.